The Balaban J connectivity index is 2.15. The number of nitrogens with zero attached hydrogens (tertiary/aromatic N) is 1. The molecule has 0 aliphatic rings. The molecule has 0 aromatic heterocycles. The molecule has 0 saturated heterocycles. The van der Waals surface area contributed by atoms with E-state index in [-0.39, 0.29) is 16.8 Å². The number of hydrogen-bond donors (Lipinski definition) is 1. The summed E-state index contributed by atoms with van der Waals surface area (Å²) in [5.74, 6) is -0.264. The zero-order valence-electron chi connectivity index (χ0n) is 14.7. The molecular formula is C18H22N2O4S. The fourth-order valence-corrected chi connectivity index (χ4v) is 3.43. The Kier molecular flexibility index (Phi) is 5.94. The van der Waals surface area contributed by atoms with E-state index in [1.165, 1.54) is 38.4 Å². The molecule has 1 amide bonds. The van der Waals surface area contributed by atoms with Crippen molar-refractivity contribution < 1.29 is 18.0 Å². The van der Waals surface area contributed by atoms with Gasteiger partial charge in [0, 0.05) is 12.6 Å². The molecule has 0 bridgehead atoms. The van der Waals surface area contributed by atoms with E-state index in [9.17, 15) is 13.2 Å². The zero-order chi connectivity index (χ0) is 18.6. The van der Waals surface area contributed by atoms with Gasteiger partial charge in [0.05, 0.1) is 18.0 Å². The predicted molar refractivity (Wildman–Crippen MR) is 95.5 cm³/mol. The van der Waals surface area contributed by atoms with Gasteiger partial charge in [0.15, 0.2) is 0 Å². The lowest BCUT2D eigenvalue weighted by molar-refractivity contribution is -0.0258. The highest BCUT2D eigenvalue weighted by Gasteiger charge is 2.21. The number of hydroxylamine groups is 1. The number of rotatable bonds is 6. The highest BCUT2D eigenvalue weighted by molar-refractivity contribution is 7.89. The minimum Gasteiger partial charge on any atom is -0.346 e. The van der Waals surface area contributed by atoms with Crippen LogP contribution in [0, 0.1) is 6.92 Å². The Morgan fingerprint density at radius 2 is 1.72 bits per heavy atom. The summed E-state index contributed by atoms with van der Waals surface area (Å²) in [5.41, 5.74) is 2.52. The van der Waals surface area contributed by atoms with Crippen LogP contribution in [0.15, 0.2) is 53.4 Å². The first-order valence-electron chi connectivity index (χ1n) is 7.77. The van der Waals surface area contributed by atoms with Crippen LogP contribution < -0.4 is 5.32 Å². The molecule has 0 aliphatic heterocycles. The largest absolute Gasteiger partial charge is 0.346 e. The third kappa shape index (κ3) is 4.25. The number of amides is 1. The molecule has 0 radical (unpaired) electrons. The molecule has 0 heterocycles. The van der Waals surface area contributed by atoms with E-state index in [1.807, 2.05) is 38.1 Å². The highest BCUT2D eigenvalue weighted by atomic mass is 32.2. The van der Waals surface area contributed by atoms with Crippen molar-refractivity contribution in [2.45, 2.75) is 24.8 Å². The van der Waals surface area contributed by atoms with Crippen LogP contribution >= 0.6 is 0 Å². The standard InChI is InChI=1S/C18H22N2O4S/c1-13-7-5-6-8-17(13)14(2)19-18(21)15-9-11-16(12-10-15)25(22,23)20(3)24-4/h5-12,14H,1-4H3,(H,19,21). The fourth-order valence-electron chi connectivity index (χ4n) is 2.46. The molecule has 7 heteroatoms. The summed E-state index contributed by atoms with van der Waals surface area (Å²) in [5, 5.41) is 2.92. The van der Waals surface area contributed by atoms with E-state index in [2.05, 4.69) is 5.32 Å². The van der Waals surface area contributed by atoms with E-state index in [1.54, 1.807) is 0 Å². The fraction of sp³-hybridized carbons (Fsp3) is 0.278. The molecule has 2 aromatic rings. The van der Waals surface area contributed by atoms with Gasteiger partial charge >= 0.3 is 0 Å². The Hall–Kier alpha value is -2.22. The lowest BCUT2D eigenvalue weighted by Crippen LogP contribution is -2.27. The van der Waals surface area contributed by atoms with Crippen LogP contribution in [0.25, 0.3) is 0 Å². The van der Waals surface area contributed by atoms with Crippen molar-refractivity contribution in [2.75, 3.05) is 14.2 Å². The predicted octanol–water partition coefficient (Wildman–Crippen LogP) is 2.67. The number of carbonyl (C=O) groups excluding carboxylic acids is 1. The van der Waals surface area contributed by atoms with Gasteiger partial charge in [0.1, 0.15) is 0 Å². The smallest absolute Gasteiger partial charge is 0.264 e. The second-order valence-corrected chi connectivity index (χ2v) is 7.61. The first-order valence-corrected chi connectivity index (χ1v) is 9.21. The maximum atomic E-state index is 12.4. The maximum Gasteiger partial charge on any atom is 0.264 e. The average molecular weight is 362 g/mol. The van der Waals surface area contributed by atoms with Crippen LogP contribution in [-0.2, 0) is 14.9 Å². The van der Waals surface area contributed by atoms with Gasteiger partial charge in [0.25, 0.3) is 15.9 Å². The van der Waals surface area contributed by atoms with Gasteiger partial charge < -0.3 is 5.32 Å². The van der Waals surface area contributed by atoms with Gasteiger partial charge in [-0.15, -0.1) is 0 Å². The molecular weight excluding hydrogens is 340 g/mol. The van der Waals surface area contributed by atoms with E-state index >= 15 is 0 Å². The van der Waals surface area contributed by atoms with E-state index < -0.39 is 10.0 Å². The van der Waals surface area contributed by atoms with Gasteiger partial charge in [-0.1, -0.05) is 28.7 Å². The number of hydrogen-bond acceptors (Lipinski definition) is 4. The molecule has 0 saturated carbocycles. The summed E-state index contributed by atoms with van der Waals surface area (Å²) in [4.78, 5) is 17.2. The van der Waals surface area contributed by atoms with Gasteiger partial charge in [0.2, 0.25) is 0 Å². The van der Waals surface area contributed by atoms with Crippen molar-refractivity contribution in [1.29, 1.82) is 0 Å². The quantitative estimate of drug-likeness (QED) is 0.802. The normalized spacial score (nSPS) is 12.8. The second kappa shape index (κ2) is 7.77. The van der Waals surface area contributed by atoms with Crippen LogP contribution in [0.3, 0.4) is 0 Å². The van der Waals surface area contributed by atoms with Crippen molar-refractivity contribution >= 4 is 15.9 Å². The highest BCUT2D eigenvalue weighted by Crippen LogP contribution is 2.18. The molecule has 25 heavy (non-hydrogen) atoms. The zero-order valence-corrected chi connectivity index (χ0v) is 15.5. The lowest BCUT2D eigenvalue weighted by atomic mass is 10.0. The number of carbonyl (C=O) groups is 1. The molecule has 0 spiro atoms. The van der Waals surface area contributed by atoms with E-state index in [0.29, 0.717) is 5.56 Å². The Morgan fingerprint density at radius 1 is 1.12 bits per heavy atom. The molecule has 1 atom stereocenters. The van der Waals surface area contributed by atoms with E-state index in [0.717, 1.165) is 15.6 Å². The molecule has 6 nitrogen and oxygen atoms in total. The third-order valence-corrected chi connectivity index (χ3v) is 5.71. The number of aryl methyl sites for hydroxylation is 1. The topological polar surface area (TPSA) is 75.7 Å². The molecule has 134 valence electrons. The van der Waals surface area contributed by atoms with Gasteiger partial charge in [-0.25, -0.2) is 8.42 Å². The number of nitrogens with one attached hydrogen (secondary N) is 1. The number of benzene rings is 2. The molecule has 1 unspecified atom stereocenters. The first kappa shape index (κ1) is 19.1. The van der Waals surface area contributed by atoms with Crippen molar-refractivity contribution in [3.8, 4) is 0 Å². The van der Waals surface area contributed by atoms with Gasteiger partial charge in [-0.05, 0) is 49.2 Å². The first-order chi connectivity index (χ1) is 11.8. The minimum absolute atomic E-state index is 0.0559. The summed E-state index contributed by atoms with van der Waals surface area (Å²) < 4.78 is 25.1. The number of sulfonamides is 1. The van der Waals surface area contributed by atoms with Crippen LogP contribution in [0.2, 0.25) is 0 Å². The Labute approximate surface area is 148 Å². The minimum atomic E-state index is -3.72. The van der Waals surface area contributed by atoms with E-state index in [4.69, 9.17) is 4.84 Å². The molecule has 1 N–H and O–H groups in total. The average Bonchev–Trinajstić information content (AvgIpc) is 2.61. The SMILES string of the molecule is CON(C)S(=O)(=O)c1ccc(C(=O)NC(C)c2ccccc2C)cc1. The summed E-state index contributed by atoms with van der Waals surface area (Å²) in [7, 11) is -1.15. The Morgan fingerprint density at radius 3 is 2.28 bits per heavy atom. The molecule has 0 fully saturated rings. The van der Waals surface area contributed by atoms with Crippen LogP contribution in [0.5, 0.6) is 0 Å². The Bertz CT molecular complexity index is 848. The lowest BCUT2D eigenvalue weighted by Gasteiger charge is -2.17. The summed E-state index contributed by atoms with van der Waals surface area (Å²) in [6.45, 7) is 3.90. The second-order valence-electron chi connectivity index (χ2n) is 5.67. The summed E-state index contributed by atoms with van der Waals surface area (Å²) in [6.07, 6.45) is 0. The molecule has 0 aliphatic carbocycles. The molecule has 2 rings (SSSR count). The maximum absolute atomic E-state index is 12.4. The van der Waals surface area contributed by atoms with Crippen molar-refractivity contribution in [3.05, 3.63) is 65.2 Å². The monoisotopic (exact) mass is 362 g/mol. The van der Waals surface area contributed by atoms with Crippen LogP contribution in [-0.4, -0.2) is 33.0 Å². The molecule has 2 aromatic carbocycles. The summed E-state index contributed by atoms with van der Waals surface area (Å²) >= 11 is 0. The summed E-state index contributed by atoms with van der Waals surface area (Å²) in [6, 6.07) is 13.4. The van der Waals surface area contributed by atoms with Crippen LogP contribution in [0.1, 0.15) is 34.5 Å². The van der Waals surface area contributed by atoms with Crippen molar-refractivity contribution in [2.24, 2.45) is 0 Å². The van der Waals surface area contributed by atoms with Crippen LogP contribution in [0.4, 0.5) is 0 Å². The van der Waals surface area contributed by atoms with Crippen molar-refractivity contribution in [1.82, 2.24) is 9.79 Å². The van der Waals surface area contributed by atoms with Crippen molar-refractivity contribution in [3.63, 3.8) is 0 Å². The van der Waals surface area contributed by atoms with Gasteiger partial charge in [-0.2, -0.15) is 0 Å². The van der Waals surface area contributed by atoms with Gasteiger partial charge in [-0.3, -0.25) is 9.63 Å². The third-order valence-electron chi connectivity index (χ3n) is 4.01.